The molecule has 6 nitrogen and oxygen atoms in total. The predicted molar refractivity (Wildman–Crippen MR) is 142 cm³/mol. The SMILES string of the molecule is CC(C)(C)c1ccc(-c2noc(CN3CCC(C(=O)NCCSCc4ccccc4F)CC3)n2)cc1. The van der Waals surface area contributed by atoms with E-state index < -0.39 is 0 Å². The Morgan fingerprint density at radius 2 is 1.86 bits per heavy atom. The number of nitrogens with zero attached hydrogens (tertiary/aromatic N) is 3. The summed E-state index contributed by atoms with van der Waals surface area (Å²) in [5.74, 6) is 2.54. The van der Waals surface area contributed by atoms with Crippen LogP contribution in [0.1, 0.15) is 50.6 Å². The lowest BCUT2D eigenvalue weighted by Gasteiger charge is -2.30. The van der Waals surface area contributed by atoms with Gasteiger partial charge in [-0.3, -0.25) is 9.69 Å². The van der Waals surface area contributed by atoms with Crippen molar-refractivity contribution < 1.29 is 13.7 Å². The van der Waals surface area contributed by atoms with Crippen molar-refractivity contribution in [2.75, 3.05) is 25.4 Å². The van der Waals surface area contributed by atoms with Crippen LogP contribution in [0, 0.1) is 11.7 Å². The van der Waals surface area contributed by atoms with Gasteiger partial charge in [0.2, 0.25) is 17.6 Å². The zero-order valence-electron chi connectivity index (χ0n) is 21.3. The molecule has 2 aromatic carbocycles. The van der Waals surface area contributed by atoms with Gasteiger partial charge in [-0.1, -0.05) is 68.4 Å². The van der Waals surface area contributed by atoms with E-state index in [2.05, 4.69) is 53.3 Å². The van der Waals surface area contributed by atoms with E-state index in [0.717, 1.165) is 37.2 Å². The van der Waals surface area contributed by atoms with Crippen molar-refractivity contribution in [2.45, 2.75) is 51.3 Å². The fourth-order valence-corrected chi connectivity index (χ4v) is 5.13. The lowest BCUT2D eigenvalue weighted by atomic mass is 9.87. The molecule has 0 aliphatic carbocycles. The van der Waals surface area contributed by atoms with Crippen LogP contribution in [-0.4, -0.2) is 46.3 Å². The zero-order chi connectivity index (χ0) is 25.5. The molecule has 0 bridgehead atoms. The molecule has 0 atom stereocenters. The summed E-state index contributed by atoms with van der Waals surface area (Å²) in [6.07, 6.45) is 1.62. The third-order valence-electron chi connectivity index (χ3n) is 6.56. The van der Waals surface area contributed by atoms with Crippen molar-refractivity contribution in [3.05, 3.63) is 71.4 Å². The van der Waals surface area contributed by atoms with E-state index in [-0.39, 0.29) is 23.1 Å². The van der Waals surface area contributed by atoms with Gasteiger partial charge in [-0.05, 0) is 48.5 Å². The molecule has 0 unspecified atom stereocenters. The highest BCUT2D eigenvalue weighted by Gasteiger charge is 2.26. The molecule has 4 rings (SSSR count). The number of halogens is 1. The molecule has 0 radical (unpaired) electrons. The van der Waals surface area contributed by atoms with Crippen LogP contribution in [-0.2, 0) is 22.5 Å². The number of hydrogen-bond acceptors (Lipinski definition) is 6. The summed E-state index contributed by atoms with van der Waals surface area (Å²) >= 11 is 1.63. The predicted octanol–water partition coefficient (Wildman–Crippen LogP) is 5.43. The van der Waals surface area contributed by atoms with Gasteiger partial charge in [-0.2, -0.15) is 16.7 Å². The van der Waals surface area contributed by atoms with Crippen molar-refractivity contribution in [1.82, 2.24) is 20.4 Å². The Balaban J connectivity index is 1.16. The number of carbonyl (C=O) groups excluding carboxylic acids is 1. The van der Waals surface area contributed by atoms with Gasteiger partial charge in [0.25, 0.3) is 0 Å². The second kappa shape index (κ2) is 12.0. The number of thioether (sulfide) groups is 1. The summed E-state index contributed by atoms with van der Waals surface area (Å²) < 4.78 is 19.2. The van der Waals surface area contributed by atoms with E-state index in [1.54, 1.807) is 23.9 Å². The summed E-state index contributed by atoms with van der Waals surface area (Å²) in [7, 11) is 0. The number of amides is 1. The van der Waals surface area contributed by atoms with Crippen LogP contribution in [0.5, 0.6) is 0 Å². The minimum atomic E-state index is -0.174. The first kappa shape index (κ1) is 26.4. The van der Waals surface area contributed by atoms with Crippen LogP contribution >= 0.6 is 11.8 Å². The molecule has 0 spiro atoms. The Kier molecular flexibility index (Phi) is 8.80. The molecule has 36 heavy (non-hydrogen) atoms. The Morgan fingerprint density at radius 1 is 1.14 bits per heavy atom. The number of carbonyl (C=O) groups is 1. The summed E-state index contributed by atoms with van der Waals surface area (Å²) in [6, 6.07) is 15.1. The normalized spacial score (nSPS) is 15.2. The van der Waals surface area contributed by atoms with Gasteiger partial charge < -0.3 is 9.84 Å². The molecule has 0 saturated carbocycles. The van der Waals surface area contributed by atoms with Crippen molar-refractivity contribution in [3.8, 4) is 11.4 Å². The van der Waals surface area contributed by atoms with E-state index in [4.69, 9.17) is 4.52 Å². The fraction of sp³-hybridized carbons (Fsp3) is 0.464. The maximum atomic E-state index is 13.7. The Bertz CT molecular complexity index is 1130. The summed E-state index contributed by atoms with van der Waals surface area (Å²) in [5.41, 5.74) is 3.02. The fourth-order valence-electron chi connectivity index (χ4n) is 4.29. The molecule has 3 aromatic rings. The number of benzene rings is 2. The highest BCUT2D eigenvalue weighted by Crippen LogP contribution is 2.25. The van der Waals surface area contributed by atoms with Crippen molar-refractivity contribution >= 4 is 17.7 Å². The zero-order valence-corrected chi connectivity index (χ0v) is 22.1. The third kappa shape index (κ3) is 7.17. The van der Waals surface area contributed by atoms with Gasteiger partial charge in [0, 0.05) is 29.5 Å². The summed E-state index contributed by atoms with van der Waals surface area (Å²) in [5, 5.41) is 7.20. The number of nitrogens with one attached hydrogen (secondary N) is 1. The molecule has 1 saturated heterocycles. The van der Waals surface area contributed by atoms with E-state index in [9.17, 15) is 9.18 Å². The topological polar surface area (TPSA) is 71.3 Å². The first-order chi connectivity index (χ1) is 17.3. The van der Waals surface area contributed by atoms with Crippen molar-refractivity contribution in [1.29, 1.82) is 0 Å². The number of piperidine rings is 1. The smallest absolute Gasteiger partial charge is 0.241 e. The van der Waals surface area contributed by atoms with Crippen LogP contribution in [0.15, 0.2) is 53.1 Å². The van der Waals surface area contributed by atoms with Crippen molar-refractivity contribution in [2.24, 2.45) is 5.92 Å². The van der Waals surface area contributed by atoms with Gasteiger partial charge in [0.1, 0.15) is 5.82 Å². The highest BCUT2D eigenvalue weighted by molar-refractivity contribution is 7.98. The van der Waals surface area contributed by atoms with E-state index in [0.29, 0.717) is 36.1 Å². The Labute approximate surface area is 217 Å². The highest BCUT2D eigenvalue weighted by atomic mass is 32.2. The van der Waals surface area contributed by atoms with Crippen LogP contribution in [0.4, 0.5) is 4.39 Å². The molecule has 2 heterocycles. The van der Waals surface area contributed by atoms with Gasteiger partial charge in [-0.15, -0.1) is 0 Å². The quantitative estimate of drug-likeness (QED) is 0.387. The van der Waals surface area contributed by atoms with Gasteiger partial charge >= 0.3 is 0 Å². The third-order valence-corrected chi connectivity index (χ3v) is 7.56. The standard InChI is InChI=1S/C28H35FN4O2S/c1-28(2,3)23-10-8-20(9-11-23)26-31-25(35-32-26)18-33-15-12-21(13-16-33)27(34)30-14-17-36-19-22-6-4-5-7-24(22)29/h4-11,21H,12-19H2,1-3H3,(H,30,34). The monoisotopic (exact) mass is 510 g/mol. The maximum absolute atomic E-state index is 13.7. The van der Waals surface area contributed by atoms with Gasteiger partial charge in [-0.25, -0.2) is 4.39 Å². The number of aromatic nitrogens is 2. The number of likely N-dealkylation sites (tertiary alicyclic amines) is 1. The molecule has 1 N–H and O–H groups in total. The van der Waals surface area contributed by atoms with E-state index in [1.165, 1.54) is 11.6 Å². The van der Waals surface area contributed by atoms with Crippen LogP contribution in [0.2, 0.25) is 0 Å². The average Bonchev–Trinajstić information content (AvgIpc) is 3.33. The lowest BCUT2D eigenvalue weighted by molar-refractivity contribution is -0.126. The molecular weight excluding hydrogens is 475 g/mol. The number of hydrogen-bond donors (Lipinski definition) is 1. The van der Waals surface area contributed by atoms with E-state index in [1.807, 2.05) is 18.2 Å². The molecule has 8 heteroatoms. The van der Waals surface area contributed by atoms with Crippen LogP contribution < -0.4 is 5.32 Å². The number of rotatable bonds is 9. The lowest BCUT2D eigenvalue weighted by Crippen LogP contribution is -2.40. The second-order valence-corrected chi connectivity index (χ2v) is 11.4. The van der Waals surface area contributed by atoms with Crippen molar-refractivity contribution in [3.63, 3.8) is 0 Å². The average molecular weight is 511 g/mol. The van der Waals surface area contributed by atoms with Crippen LogP contribution in [0.25, 0.3) is 11.4 Å². The minimum absolute atomic E-state index is 0.0254. The molecule has 1 amide bonds. The first-order valence-electron chi connectivity index (χ1n) is 12.5. The largest absolute Gasteiger partial charge is 0.355 e. The molecule has 1 aliphatic heterocycles. The Hall–Kier alpha value is -2.71. The molecule has 1 aromatic heterocycles. The molecule has 192 valence electrons. The molecular formula is C28H35FN4O2S. The maximum Gasteiger partial charge on any atom is 0.241 e. The van der Waals surface area contributed by atoms with E-state index >= 15 is 0 Å². The second-order valence-electron chi connectivity index (χ2n) is 10.3. The van der Waals surface area contributed by atoms with Gasteiger partial charge in [0.05, 0.1) is 6.54 Å². The summed E-state index contributed by atoms with van der Waals surface area (Å²) in [6.45, 7) is 9.40. The minimum Gasteiger partial charge on any atom is -0.355 e. The summed E-state index contributed by atoms with van der Waals surface area (Å²) in [4.78, 5) is 19.4. The molecule has 1 aliphatic rings. The van der Waals surface area contributed by atoms with Crippen LogP contribution in [0.3, 0.4) is 0 Å². The van der Waals surface area contributed by atoms with Gasteiger partial charge in [0.15, 0.2) is 0 Å². The first-order valence-corrected chi connectivity index (χ1v) is 13.7. The molecule has 1 fully saturated rings. The Morgan fingerprint density at radius 3 is 2.56 bits per heavy atom.